The molecule has 0 aliphatic heterocycles. The van der Waals surface area contributed by atoms with E-state index in [4.69, 9.17) is 4.74 Å². The van der Waals surface area contributed by atoms with Gasteiger partial charge in [-0.25, -0.2) is 0 Å². The maximum atomic E-state index is 6.01. The molecule has 1 N–H and O–H groups in total. The van der Waals surface area contributed by atoms with Gasteiger partial charge in [0.2, 0.25) is 0 Å². The van der Waals surface area contributed by atoms with Crippen LogP contribution in [0.25, 0.3) is 0 Å². The highest BCUT2D eigenvalue weighted by Gasteiger charge is 2.13. The second-order valence-corrected chi connectivity index (χ2v) is 4.88. The van der Waals surface area contributed by atoms with Crippen LogP contribution in [0.2, 0.25) is 0 Å². The lowest BCUT2D eigenvalue weighted by molar-refractivity contribution is 0.0351. The molecule has 96 valence electrons. The first kappa shape index (κ1) is 14.2. The van der Waals surface area contributed by atoms with Crippen LogP contribution in [-0.4, -0.2) is 19.7 Å². The van der Waals surface area contributed by atoms with E-state index in [1.54, 1.807) is 0 Å². The SMILES string of the molecule is CCNCC(OCC(C)C)c1ccccc1C. The summed E-state index contributed by atoms with van der Waals surface area (Å²) >= 11 is 0. The molecule has 0 bridgehead atoms. The molecule has 0 spiro atoms. The Labute approximate surface area is 105 Å². The highest BCUT2D eigenvalue weighted by molar-refractivity contribution is 5.28. The molecule has 0 radical (unpaired) electrons. The van der Waals surface area contributed by atoms with E-state index in [9.17, 15) is 0 Å². The molecule has 1 atom stereocenters. The highest BCUT2D eigenvalue weighted by atomic mass is 16.5. The smallest absolute Gasteiger partial charge is 0.0951 e. The quantitative estimate of drug-likeness (QED) is 0.783. The van der Waals surface area contributed by atoms with Gasteiger partial charge in [-0.3, -0.25) is 0 Å². The molecule has 1 rings (SSSR count). The van der Waals surface area contributed by atoms with Crippen molar-refractivity contribution >= 4 is 0 Å². The molecule has 0 saturated carbocycles. The van der Waals surface area contributed by atoms with Crippen LogP contribution >= 0.6 is 0 Å². The van der Waals surface area contributed by atoms with Crippen molar-refractivity contribution in [1.29, 1.82) is 0 Å². The van der Waals surface area contributed by atoms with Crippen molar-refractivity contribution in [3.63, 3.8) is 0 Å². The third kappa shape index (κ3) is 4.88. The lowest BCUT2D eigenvalue weighted by atomic mass is 10.0. The van der Waals surface area contributed by atoms with Crippen LogP contribution in [0.15, 0.2) is 24.3 Å². The zero-order valence-corrected chi connectivity index (χ0v) is 11.5. The molecule has 0 heterocycles. The van der Waals surface area contributed by atoms with Crippen LogP contribution < -0.4 is 5.32 Å². The van der Waals surface area contributed by atoms with Gasteiger partial charge in [0.1, 0.15) is 0 Å². The first-order valence-corrected chi connectivity index (χ1v) is 6.53. The first-order valence-electron chi connectivity index (χ1n) is 6.53. The van der Waals surface area contributed by atoms with Crippen LogP contribution in [0.3, 0.4) is 0 Å². The summed E-state index contributed by atoms with van der Waals surface area (Å²) < 4.78 is 6.01. The predicted molar refractivity (Wildman–Crippen MR) is 73.3 cm³/mol. The number of hydrogen-bond acceptors (Lipinski definition) is 2. The molecular weight excluding hydrogens is 210 g/mol. The van der Waals surface area contributed by atoms with E-state index in [0.717, 1.165) is 19.7 Å². The van der Waals surface area contributed by atoms with Gasteiger partial charge in [-0.15, -0.1) is 0 Å². The van der Waals surface area contributed by atoms with Crippen LogP contribution in [0.1, 0.15) is 38.0 Å². The molecular formula is C15H25NO. The van der Waals surface area contributed by atoms with Crippen LogP contribution in [0, 0.1) is 12.8 Å². The van der Waals surface area contributed by atoms with Gasteiger partial charge in [-0.05, 0) is 30.5 Å². The number of likely N-dealkylation sites (N-methyl/N-ethyl adjacent to an activating group) is 1. The third-order valence-corrected chi connectivity index (χ3v) is 2.75. The Morgan fingerprint density at radius 1 is 1.24 bits per heavy atom. The summed E-state index contributed by atoms with van der Waals surface area (Å²) in [6, 6.07) is 8.47. The molecule has 0 amide bonds. The normalized spacial score (nSPS) is 13.0. The number of benzene rings is 1. The van der Waals surface area contributed by atoms with E-state index < -0.39 is 0 Å². The Morgan fingerprint density at radius 3 is 2.53 bits per heavy atom. The lowest BCUT2D eigenvalue weighted by Gasteiger charge is -2.21. The fourth-order valence-corrected chi connectivity index (χ4v) is 1.79. The molecule has 0 aliphatic carbocycles. The summed E-state index contributed by atoms with van der Waals surface area (Å²) in [4.78, 5) is 0. The number of rotatable bonds is 7. The molecule has 1 unspecified atom stereocenters. The van der Waals surface area contributed by atoms with Crippen LogP contribution in [0.4, 0.5) is 0 Å². The van der Waals surface area contributed by atoms with Gasteiger partial charge in [0.05, 0.1) is 6.10 Å². The molecule has 0 aromatic heterocycles. The Balaban J connectivity index is 2.71. The van der Waals surface area contributed by atoms with Crippen molar-refractivity contribution in [1.82, 2.24) is 5.32 Å². The highest BCUT2D eigenvalue weighted by Crippen LogP contribution is 2.21. The fourth-order valence-electron chi connectivity index (χ4n) is 1.79. The van der Waals surface area contributed by atoms with E-state index >= 15 is 0 Å². The molecule has 2 heteroatoms. The first-order chi connectivity index (χ1) is 8.15. The Morgan fingerprint density at radius 2 is 1.94 bits per heavy atom. The van der Waals surface area contributed by atoms with Gasteiger partial charge in [-0.1, -0.05) is 45.0 Å². The number of aryl methyl sites for hydroxylation is 1. The zero-order valence-electron chi connectivity index (χ0n) is 11.5. The minimum absolute atomic E-state index is 0.165. The summed E-state index contributed by atoms with van der Waals surface area (Å²) in [5.41, 5.74) is 2.60. The van der Waals surface area contributed by atoms with E-state index in [-0.39, 0.29) is 6.10 Å². The van der Waals surface area contributed by atoms with Crippen molar-refractivity contribution in [2.45, 2.75) is 33.8 Å². The van der Waals surface area contributed by atoms with Gasteiger partial charge in [0, 0.05) is 13.2 Å². The summed E-state index contributed by atoms with van der Waals surface area (Å²) in [5, 5.41) is 3.37. The summed E-state index contributed by atoms with van der Waals surface area (Å²) in [5.74, 6) is 0.572. The Bertz CT molecular complexity index is 322. The zero-order chi connectivity index (χ0) is 12.7. The lowest BCUT2D eigenvalue weighted by Crippen LogP contribution is -2.24. The molecule has 17 heavy (non-hydrogen) atoms. The molecule has 0 aliphatic rings. The van der Waals surface area contributed by atoms with Gasteiger partial charge in [0.25, 0.3) is 0 Å². The van der Waals surface area contributed by atoms with Gasteiger partial charge in [-0.2, -0.15) is 0 Å². The van der Waals surface area contributed by atoms with Crippen LogP contribution in [-0.2, 0) is 4.74 Å². The Hall–Kier alpha value is -0.860. The van der Waals surface area contributed by atoms with Gasteiger partial charge >= 0.3 is 0 Å². The monoisotopic (exact) mass is 235 g/mol. The fraction of sp³-hybridized carbons (Fsp3) is 0.600. The predicted octanol–water partition coefficient (Wildman–Crippen LogP) is 3.32. The summed E-state index contributed by atoms with van der Waals surface area (Å²) in [6.45, 7) is 11.3. The summed E-state index contributed by atoms with van der Waals surface area (Å²) in [7, 11) is 0. The molecule has 1 aromatic rings. The van der Waals surface area contributed by atoms with Crippen molar-refractivity contribution in [3.05, 3.63) is 35.4 Å². The number of hydrogen-bond donors (Lipinski definition) is 1. The number of ether oxygens (including phenoxy) is 1. The van der Waals surface area contributed by atoms with E-state index in [1.807, 2.05) is 0 Å². The van der Waals surface area contributed by atoms with E-state index in [1.165, 1.54) is 11.1 Å². The summed E-state index contributed by atoms with van der Waals surface area (Å²) in [6.07, 6.45) is 0.165. The molecule has 0 fully saturated rings. The maximum absolute atomic E-state index is 6.01. The van der Waals surface area contributed by atoms with Crippen molar-refractivity contribution in [2.24, 2.45) is 5.92 Å². The average molecular weight is 235 g/mol. The third-order valence-electron chi connectivity index (χ3n) is 2.75. The van der Waals surface area contributed by atoms with E-state index in [2.05, 4.69) is 57.3 Å². The van der Waals surface area contributed by atoms with Crippen molar-refractivity contribution in [2.75, 3.05) is 19.7 Å². The maximum Gasteiger partial charge on any atom is 0.0951 e. The van der Waals surface area contributed by atoms with E-state index in [0.29, 0.717) is 5.92 Å². The van der Waals surface area contributed by atoms with Crippen LogP contribution in [0.5, 0.6) is 0 Å². The second kappa shape index (κ2) is 7.46. The van der Waals surface area contributed by atoms with Crippen molar-refractivity contribution in [3.8, 4) is 0 Å². The molecule has 1 aromatic carbocycles. The Kier molecular flexibility index (Phi) is 6.23. The second-order valence-electron chi connectivity index (χ2n) is 4.88. The minimum Gasteiger partial charge on any atom is -0.372 e. The molecule has 2 nitrogen and oxygen atoms in total. The standard InChI is InChI=1S/C15H25NO/c1-5-16-10-15(17-11-12(2)3)14-9-7-6-8-13(14)4/h6-9,12,15-16H,5,10-11H2,1-4H3. The molecule has 0 saturated heterocycles. The topological polar surface area (TPSA) is 21.3 Å². The average Bonchev–Trinajstić information content (AvgIpc) is 2.30. The largest absolute Gasteiger partial charge is 0.372 e. The van der Waals surface area contributed by atoms with Crippen molar-refractivity contribution < 1.29 is 4.74 Å². The van der Waals surface area contributed by atoms with Gasteiger partial charge in [0.15, 0.2) is 0 Å². The van der Waals surface area contributed by atoms with Gasteiger partial charge < -0.3 is 10.1 Å². The number of nitrogens with one attached hydrogen (secondary N) is 1. The minimum atomic E-state index is 0.165.